The van der Waals surface area contributed by atoms with Gasteiger partial charge in [-0.25, -0.2) is 0 Å². The van der Waals surface area contributed by atoms with E-state index in [0.29, 0.717) is 5.95 Å². The summed E-state index contributed by atoms with van der Waals surface area (Å²) in [6.07, 6.45) is 2.43. The third-order valence-corrected chi connectivity index (χ3v) is 4.34. The smallest absolute Gasteiger partial charge is 0.231 e. The predicted molar refractivity (Wildman–Crippen MR) is 86.8 cm³/mol. The van der Waals surface area contributed by atoms with Crippen molar-refractivity contribution in [3.05, 3.63) is 35.9 Å². The Morgan fingerprint density at radius 2 is 1.86 bits per heavy atom. The molecular weight excluding hydrogens is 282 g/mol. The lowest BCUT2D eigenvalue weighted by Gasteiger charge is -2.16. The summed E-state index contributed by atoms with van der Waals surface area (Å²) in [7, 11) is 1.84. The Kier molecular flexibility index (Phi) is 4.55. The van der Waals surface area contributed by atoms with Crippen LogP contribution in [0.15, 0.2) is 35.5 Å². The number of aromatic nitrogens is 3. The molecule has 1 fully saturated rings. The van der Waals surface area contributed by atoms with Gasteiger partial charge in [0.25, 0.3) is 0 Å². The van der Waals surface area contributed by atoms with Gasteiger partial charge in [-0.3, -0.25) is 0 Å². The first kappa shape index (κ1) is 14.1. The Morgan fingerprint density at radius 1 is 1.10 bits per heavy atom. The Labute approximate surface area is 129 Å². The molecule has 2 heterocycles. The quantitative estimate of drug-likeness (QED) is 0.857. The van der Waals surface area contributed by atoms with Crippen LogP contribution in [0.25, 0.3) is 0 Å². The molecule has 1 aliphatic heterocycles. The first-order valence-electron chi connectivity index (χ1n) is 7.20. The van der Waals surface area contributed by atoms with E-state index in [2.05, 4.69) is 49.4 Å². The number of hydrogen-bond donors (Lipinski definition) is 1. The van der Waals surface area contributed by atoms with Gasteiger partial charge in [0.05, 0.1) is 0 Å². The van der Waals surface area contributed by atoms with E-state index in [-0.39, 0.29) is 0 Å². The van der Waals surface area contributed by atoms with Crippen molar-refractivity contribution >= 4 is 23.7 Å². The number of hydrogen-bond acceptors (Lipinski definition) is 6. The lowest BCUT2D eigenvalue weighted by atomic mass is 10.2. The van der Waals surface area contributed by atoms with E-state index in [9.17, 15) is 0 Å². The van der Waals surface area contributed by atoms with Crippen LogP contribution < -0.4 is 10.2 Å². The Balaban J connectivity index is 1.75. The maximum absolute atomic E-state index is 4.61. The van der Waals surface area contributed by atoms with E-state index in [1.165, 1.54) is 18.4 Å². The number of rotatable bonds is 5. The third kappa shape index (κ3) is 3.64. The van der Waals surface area contributed by atoms with Crippen molar-refractivity contribution in [2.24, 2.45) is 0 Å². The normalized spacial score (nSPS) is 14.4. The van der Waals surface area contributed by atoms with E-state index in [4.69, 9.17) is 0 Å². The predicted octanol–water partition coefficient (Wildman–Crippen LogP) is 2.81. The molecule has 2 aromatic rings. The van der Waals surface area contributed by atoms with Gasteiger partial charge in [0.2, 0.25) is 11.9 Å². The van der Waals surface area contributed by atoms with Crippen LogP contribution in [0.3, 0.4) is 0 Å². The van der Waals surface area contributed by atoms with Gasteiger partial charge < -0.3 is 10.2 Å². The van der Waals surface area contributed by atoms with Crippen LogP contribution >= 0.6 is 11.8 Å². The van der Waals surface area contributed by atoms with Crippen LogP contribution in [0.4, 0.5) is 11.9 Å². The Hall–Kier alpha value is -1.82. The summed E-state index contributed by atoms with van der Waals surface area (Å²) >= 11 is 1.65. The molecule has 0 radical (unpaired) electrons. The molecule has 0 atom stereocenters. The fraction of sp³-hybridized carbons (Fsp3) is 0.400. The fourth-order valence-corrected chi connectivity index (χ4v) is 3.09. The zero-order chi connectivity index (χ0) is 14.5. The summed E-state index contributed by atoms with van der Waals surface area (Å²) < 4.78 is 0. The minimum Gasteiger partial charge on any atom is -0.357 e. The lowest BCUT2D eigenvalue weighted by molar-refractivity contribution is 0.830. The van der Waals surface area contributed by atoms with Gasteiger partial charge in [-0.05, 0) is 18.4 Å². The van der Waals surface area contributed by atoms with Crippen LogP contribution in [0, 0.1) is 0 Å². The molecule has 0 amide bonds. The molecule has 3 rings (SSSR count). The zero-order valence-corrected chi connectivity index (χ0v) is 12.9. The number of nitrogens with one attached hydrogen (secondary N) is 1. The van der Waals surface area contributed by atoms with Crippen molar-refractivity contribution in [2.75, 3.05) is 30.4 Å². The molecule has 1 aliphatic rings. The van der Waals surface area contributed by atoms with E-state index in [0.717, 1.165) is 29.9 Å². The van der Waals surface area contributed by atoms with E-state index in [1.807, 2.05) is 13.1 Å². The molecule has 1 saturated heterocycles. The molecule has 1 aromatic carbocycles. The summed E-state index contributed by atoms with van der Waals surface area (Å²) in [4.78, 5) is 15.7. The molecule has 0 aliphatic carbocycles. The van der Waals surface area contributed by atoms with Crippen molar-refractivity contribution in [1.82, 2.24) is 15.0 Å². The largest absolute Gasteiger partial charge is 0.357 e. The van der Waals surface area contributed by atoms with Crippen molar-refractivity contribution in [3.8, 4) is 0 Å². The van der Waals surface area contributed by atoms with Crippen LogP contribution in [0.5, 0.6) is 0 Å². The average Bonchev–Trinajstić information content (AvgIpc) is 3.08. The molecule has 1 aromatic heterocycles. The highest BCUT2D eigenvalue weighted by Crippen LogP contribution is 2.23. The molecule has 1 N–H and O–H groups in total. The molecular formula is C15H19N5S. The van der Waals surface area contributed by atoms with E-state index in [1.54, 1.807) is 11.8 Å². The molecule has 5 nitrogen and oxygen atoms in total. The molecule has 110 valence electrons. The summed E-state index contributed by atoms with van der Waals surface area (Å²) in [6, 6.07) is 10.4. The third-order valence-electron chi connectivity index (χ3n) is 3.43. The van der Waals surface area contributed by atoms with Crippen molar-refractivity contribution in [2.45, 2.75) is 23.8 Å². The van der Waals surface area contributed by atoms with E-state index >= 15 is 0 Å². The minimum atomic E-state index is 0.641. The standard InChI is InChI=1S/C15H19N5S/c1-16-13-17-14(20-9-5-6-10-20)19-15(18-13)21-11-12-7-3-2-4-8-12/h2-4,7-8H,5-6,9-11H2,1H3,(H,16,17,18,19). The fourth-order valence-electron chi connectivity index (χ4n) is 2.30. The highest BCUT2D eigenvalue weighted by Gasteiger charge is 2.17. The number of nitrogens with zero attached hydrogens (tertiary/aromatic N) is 4. The lowest BCUT2D eigenvalue weighted by Crippen LogP contribution is -2.21. The topological polar surface area (TPSA) is 53.9 Å². The molecule has 6 heteroatoms. The molecule has 0 unspecified atom stereocenters. The van der Waals surface area contributed by atoms with Crippen molar-refractivity contribution in [3.63, 3.8) is 0 Å². The minimum absolute atomic E-state index is 0.641. The second-order valence-corrected chi connectivity index (χ2v) is 5.90. The Bertz CT molecular complexity index is 584. The molecule has 0 spiro atoms. The molecule has 0 saturated carbocycles. The van der Waals surface area contributed by atoms with Gasteiger partial charge in [-0.15, -0.1) is 0 Å². The van der Waals surface area contributed by atoms with Gasteiger partial charge in [0.1, 0.15) is 0 Å². The van der Waals surface area contributed by atoms with Gasteiger partial charge in [0, 0.05) is 25.9 Å². The van der Waals surface area contributed by atoms with Gasteiger partial charge in [-0.2, -0.15) is 15.0 Å². The highest BCUT2D eigenvalue weighted by molar-refractivity contribution is 7.98. The number of thioether (sulfide) groups is 1. The second kappa shape index (κ2) is 6.76. The van der Waals surface area contributed by atoms with Gasteiger partial charge in [0.15, 0.2) is 5.16 Å². The summed E-state index contributed by atoms with van der Waals surface area (Å²) in [5.41, 5.74) is 1.27. The number of anilines is 2. The molecule has 21 heavy (non-hydrogen) atoms. The maximum Gasteiger partial charge on any atom is 0.231 e. The van der Waals surface area contributed by atoms with Crippen LogP contribution in [0.2, 0.25) is 0 Å². The SMILES string of the molecule is CNc1nc(SCc2ccccc2)nc(N2CCCC2)n1. The zero-order valence-electron chi connectivity index (χ0n) is 12.1. The maximum atomic E-state index is 4.61. The monoisotopic (exact) mass is 301 g/mol. The van der Waals surface area contributed by atoms with Crippen molar-refractivity contribution < 1.29 is 0 Å². The van der Waals surface area contributed by atoms with Gasteiger partial charge in [-0.1, -0.05) is 42.1 Å². The first-order chi connectivity index (χ1) is 10.3. The van der Waals surface area contributed by atoms with Crippen molar-refractivity contribution in [1.29, 1.82) is 0 Å². The second-order valence-electron chi connectivity index (χ2n) is 4.96. The first-order valence-corrected chi connectivity index (χ1v) is 8.19. The van der Waals surface area contributed by atoms with E-state index < -0.39 is 0 Å². The van der Waals surface area contributed by atoms with Crippen LogP contribution in [0.1, 0.15) is 18.4 Å². The van der Waals surface area contributed by atoms with Crippen LogP contribution in [-0.4, -0.2) is 35.1 Å². The molecule has 0 bridgehead atoms. The van der Waals surface area contributed by atoms with Crippen LogP contribution in [-0.2, 0) is 5.75 Å². The summed E-state index contributed by atoms with van der Waals surface area (Å²) in [5, 5.41) is 3.81. The van der Waals surface area contributed by atoms with Gasteiger partial charge >= 0.3 is 0 Å². The summed E-state index contributed by atoms with van der Waals surface area (Å²) in [5.74, 6) is 2.30. The number of benzene rings is 1. The Morgan fingerprint density at radius 3 is 2.57 bits per heavy atom. The highest BCUT2D eigenvalue weighted by atomic mass is 32.2. The summed E-state index contributed by atoms with van der Waals surface area (Å²) in [6.45, 7) is 2.08. The average molecular weight is 301 g/mol.